The summed E-state index contributed by atoms with van der Waals surface area (Å²) in [7, 11) is -1.41. The fourth-order valence-electron chi connectivity index (χ4n) is 1.44. The number of aromatic nitrogens is 2. The molecule has 2 N–H and O–H groups in total. The van der Waals surface area contributed by atoms with Crippen LogP contribution in [0.4, 0.5) is 0 Å². The number of imidazole rings is 1. The molecule has 2 rings (SSSR count). The molecule has 1 aromatic heterocycles. The molecule has 0 aliphatic heterocycles. The SMILES string of the molecule is OB(O)c1cccc(Cn2ccnc2)c1. The van der Waals surface area contributed by atoms with Gasteiger partial charge in [0.15, 0.2) is 0 Å². The highest BCUT2D eigenvalue weighted by Crippen LogP contribution is 2.00. The van der Waals surface area contributed by atoms with Crippen molar-refractivity contribution in [2.75, 3.05) is 0 Å². The van der Waals surface area contributed by atoms with Crippen LogP contribution in [0, 0.1) is 0 Å². The van der Waals surface area contributed by atoms with E-state index in [4.69, 9.17) is 10.0 Å². The van der Waals surface area contributed by atoms with Crippen molar-refractivity contribution in [2.24, 2.45) is 0 Å². The van der Waals surface area contributed by atoms with E-state index in [0.29, 0.717) is 12.0 Å². The first-order chi connectivity index (χ1) is 7.25. The van der Waals surface area contributed by atoms with Crippen molar-refractivity contribution in [2.45, 2.75) is 6.54 Å². The molecule has 5 heteroatoms. The summed E-state index contributed by atoms with van der Waals surface area (Å²) < 4.78 is 1.92. The topological polar surface area (TPSA) is 58.3 Å². The van der Waals surface area contributed by atoms with Crippen LogP contribution in [0.5, 0.6) is 0 Å². The second kappa shape index (κ2) is 4.29. The van der Waals surface area contributed by atoms with E-state index in [1.54, 1.807) is 30.7 Å². The smallest absolute Gasteiger partial charge is 0.423 e. The minimum absolute atomic E-state index is 0.507. The highest BCUT2D eigenvalue weighted by molar-refractivity contribution is 6.58. The van der Waals surface area contributed by atoms with Crippen molar-refractivity contribution in [1.29, 1.82) is 0 Å². The first kappa shape index (κ1) is 9.95. The second-order valence-electron chi connectivity index (χ2n) is 3.35. The van der Waals surface area contributed by atoms with Crippen molar-refractivity contribution < 1.29 is 10.0 Å². The van der Waals surface area contributed by atoms with Crippen LogP contribution in [0.2, 0.25) is 0 Å². The molecule has 0 atom stereocenters. The third-order valence-electron chi connectivity index (χ3n) is 2.17. The van der Waals surface area contributed by atoms with Gasteiger partial charge in [-0.25, -0.2) is 4.98 Å². The Kier molecular flexibility index (Phi) is 2.85. The molecule has 1 heterocycles. The van der Waals surface area contributed by atoms with Crippen molar-refractivity contribution in [3.8, 4) is 0 Å². The first-order valence-electron chi connectivity index (χ1n) is 4.66. The Morgan fingerprint density at radius 1 is 1.33 bits per heavy atom. The summed E-state index contributed by atoms with van der Waals surface area (Å²) in [5.41, 5.74) is 1.52. The lowest BCUT2D eigenvalue weighted by Crippen LogP contribution is -2.29. The number of benzene rings is 1. The highest BCUT2D eigenvalue weighted by Gasteiger charge is 2.10. The van der Waals surface area contributed by atoms with E-state index in [0.717, 1.165) is 5.56 Å². The summed E-state index contributed by atoms with van der Waals surface area (Å²) in [6.07, 6.45) is 5.30. The third kappa shape index (κ3) is 2.46. The molecule has 0 saturated carbocycles. The van der Waals surface area contributed by atoms with Gasteiger partial charge in [0.2, 0.25) is 0 Å². The lowest BCUT2D eigenvalue weighted by molar-refractivity contribution is 0.425. The molecular formula is C10H11BN2O2. The van der Waals surface area contributed by atoms with E-state index in [2.05, 4.69) is 4.98 Å². The van der Waals surface area contributed by atoms with E-state index in [1.165, 1.54) is 0 Å². The highest BCUT2D eigenvalue weighted by atomic mass is 16.4. The molecule has 0 aliphatic carbocycles. The molecule has 1 aromatic carbocycles. The number of nitrogens with zero attached hydrogens (tertiary/aromatic N) is 2. The molecule has 2 aromatic rings. The van der Waals surface area contributed by atoms with Gasteiger partial charge >= 0.3 is 7.12 Å². The quantitative estimate of drug-likeness (QED) is 0.666. The van der Waals surface area contributed by atoms with Gasteiger partial charge < -0.3 is 14.6 Å². The minimum Gasteiger partial charge on any atom is -0.423 e. The van der Waals surface area contributed by atoms with Crippen LogP contribution in [0.1, 0.15) is 5.56 Å². The lowest BCUT2D eigenvalue weighted by Gasteiger charge is -2.05. The van der Waals surface area contributed by atoms with Gasteiger partial charge in [-0.1, -0.05) is 24.3 Å². The summed E-state index contributed by atoms with van der Waals surface area (Å²) in [6.45, 7) is 0.681. The fourth-order valence-corrected chi connectivity index (χ4v) is 1.44. The van der Waals surface area contributed by atoms with Gasteiger partial charge in [-0.3, -0.25) is 0 Å². The van der Waals surface area contributed by atoms with Crippen molar-refractivity contribution in [3.05, 3.63) is 48.5 Å². The molecule has 0 bridgehead atoms. The molecular weight excluding hydrogens is 191 g/mol. The molecule has 0 saturated heterocycles. The maximum atomic E-state index is 9.01. The maximum Gasteiger partial charge on any atom is 0.488 e. The van der Waals surface area contributed by atoms with Gasteiger partial charge in [0.25, 0.3) is 0 Å². The van der Waals surface area contributed by atoms with Gasteiger partial charge in [0.1, 0.15) is 0 Å². The Balaban J connectivity index is 2.18. The fraction of sp³-hybridized carbons (Fsp3) is 0.100. The predicted octanol–water partition coefficient (Wildman–Crippen LogP) is -0.389. The van der Waals surface area contributed by atoms with Gasteiger partial charge in [0, 0.05) is 18.9 Å². The van der Waals surface area contributed by atoms with Crippen LogP contribution >= 0.6 is 0 Å². The molecule has 0 unspecified atom stereocenters. The number of hydrogen-bond donors (Lipinski definition) is 2. The van der Waals surface area contributed by atoms with Gasteiger partial charge in [-0.2, -0.15) is 0 Å². The van der Waals surface area contributed by atoms with Crippen LogP contribution in [0.15, 0.2) is 43.0 Å². The lowest BCUT2D eigenvalue weighted by atomic mass is 9.80. The van der Waals surface area contributed by atoms with Crippen molar-refractivity contribution in [3.63, 3.8) is 0 Å². The molecule has 0 spiro atoms. The summed E-state index contributed by atoms with van der Waals surface area (Å²) in [5, 5.41) is 18.0. The van der Waals surface area contributed by atoms with E-state index in [-0.39, 0.29) is 0 Å². The van der Waals surface area contributed by atoms with Crippen LogP contribution < -0.4 is 5.46 Å². The number of hydrogen-bond acceptors (Lipinski definition) is 3. The number of rotatable bonds is 3. The molecule has 0 amide bonds. The zero-order chi connectivity index (χ0) is 10.7. The largest absolute Gasteiger partial charge is 0.488 e. The van der Waals surface area contributed by atoms with Crippen LogP contribution in [0.3, 0.4) is 0 Å². The van der Waals surface area contributed by atoms with Gasteiger partial charge in [-0.05, 0) is 11.0 Å². The summed E-state index contributed by atoms with van der Waals surface area (Å²) in [6, 6.07) is 7.19. The second-order valence-corrected chi connectivity index (χ2v) is 3.35. The van der Waals surface area contributed by atoms with Crippen molar-refractivity contribution in [1.82, 2.24) is 9.55 Å². The minimum atomic E-state index is -1.41. The van der Waals surface area contributed by atoms with E-state index in [1.807, 2.05) is 16.8 Å². The zero-order valence-electron chi connectivity index (χ0n) is 8.11. The molecule has 0 radical (unpaired) electrons. The Labute approximate surface area is 88.0 Å². The summed E-state index contributed by atoms with van der Waals surface area (Å²) in [5.74, 6) is 0. The summed E-state index contributed by atoms with van der Waals surface area (Å²) in [4.78, 5) is 3.94. The van der Waals surface area contributed by atoms with Crippen LogP contribution in [0.25, 0.3) is 0 Å². The Morgan fingerprint density at radius 2 is 2.20 bits per heavy atom. The van der Waals surface area contributed by atoms with Gasteiger partial charge in [-0.15, -0.1) is 0 Å². The Bertz CT molecular complexity index is 429. The molecule has 0 aliphatic rings. The predicted molar refractivity (Wildman–Crippen MR) is 57.6 cm³/mol. The van der Waals surface area contributed by atoms with Crippen LogP contribution in [-0.2, 0) is 6.54 Å². The zero-order valence-corrected chi connectivity index (χ0v) is 8.11. The monoisotopic (exact) mass is 202 g/mol. The summed E-state index contributed by atoms with van der Waals surface area (Å²) >= 11 is 0. The average molecular weight is 202 g/mol. The normalized spacial score (nSPS) is 10.3. The molecule has 0 fully saturated rings. The van der Waals surface area contributed by atoms with Crippen LogP contribution in [-0.4, -0.2) is 26.7 Å². The standard InChI is InChI=1S/C10H11BN2O2/c14-11(15)10-3-1-2-9(6-10)7-13-5-4-12-8-13/h1-6,8,14-15H,7H2. The molecule has 76 valence electrons. The maximum absolute atomic E-state index is 9.01. The molecule has 15 heavy (non-hydrogen) atoms. The van der Waals surface area contributed by atoms with Crippen molar-refractivity contribution >= 4 is 12.6 Å². The van der Waals surface area contributed by atoms with Gasteiger partial charge in [0.05, 0.1) is 6.33 Å². The van der Waals surface area contributed by atoms with E-state index in [9.17, 15) is 0 Å². The average Bonchev–Trinajstić information content (AvgIpc) is 2.71. The third-order valence-corrected chi connectivity index (χ3v) is 2.17. The van der Waals surface area contributed by atoms with E-state index >= 15 is 0 Å². The first-order valence-corrected chi connectivity index (χ1v) is 4.66. The van der Waals surface area contributed by atoms with E-state index < -0.39 is 7.12 Å². The molecule has 4 nitrogen and oxygen atoms in total. The Morgan fingerprint density at radius 3 is 2.87 bits per heavy atom. The Hall–Kier alpha value is -1.59.